The lowest BCUT2D eigenvalue weighted by molar-refractivity contribution is 0.0322. The fraction of sp³-hybridized carbons (Fsp3) is 0.353. The van der Waals surface area contributed by atoms with Gasteiger partial charge in [-0.25, -0.2) is 4.98 Å². The lowest BCUT2D eigenvalue weighted by Gasteiger charge is -2.26. The van der Waals surface area contributed by atoms with Crippen LogP contribution in [0.1, 0.15) is 0 Å². The van der Waals surface area contributed by atoms with Crippen molar-refractivity contribution < 1.29 is 9.47 Å². The number of nitrogens with one attached hydrogen (secondary N) is 2. The molecule has 0 bridgehead atoms. The molecule has 0 spiro atoms. The van der Waals surface area contributed by atoms with Crippen molar-refractivity contribution in [3.05, 3.63) is 30.6 Å². The molecule has 0 aliphatic carbocycles. The van der Waals surface area contributed by atoms with Gasteiger partial charge < -0.3 is 25.5 Å². The van der Waals surface area contributed by atoms with E-state index in [2.05, 4.69) is 30.2 Å². The van der Waals surface area contributed by atoms with E-state index in [0.29, 0.717) is 29.5 Å². The number of rotatable bonds is 6. The lowest BCUT2D eigenvalue weighted by Crippen LogP contribution is -2.38. The second kappa shape index (κ2) is 7.54. The minimum absolute atomic E-state index is 0.355. The number of morpholine rings is 1. The van der Waals surface area contributed by atoms with Crippen molar-refractivity contribution in [1.29, 1.82) is 0 Å². The maximum absolute atomic E-state index is 5.92. The molecule has 0 amide bonds. The fourth-order valence-electron chi connectivity index (χ4n) is 2.82. The number of imidazole rings is 1. The molecule has 0 saturated carbocycles. The first-order valence-electron chi connectivity index (χ1n) is 8.54. The van der Waals surface area contributed by atoms with E-state index in [4.69, 9.17) is 15.2 Å². The molecule has 1 aliphatic heterocycles. The molecule has 0 atom stereocenters. The van der Waals surface area contributed by atoms with Gasteiger partial charge in [0.1, 0.15) is 17.9 Å². The van der Waals surface area contributed by atoms with Crippen molar-refractivity contribution in [2.24, 2.45) is 0 Å². The summed E-state index contributed by atoms with van der Waals surface area (Å²) >= 11 is 0. The molecular formula is C17H21N7O2. The fourth-order valence-corrected chi connectivity index (χ4v) is 2.82. The second-order valence-electron chi connectivity index (χ2n) is 5.99. The van der Waals surface area contributed by atoms with Crippen LogP contribution in [0.5, 0.6) is 5.75 Å². The molecule has 2 aromatic heterocycles. The number of aromatic amines is 1. The summed E-state index contributed by atoms with van der Waals surface area (Å²) in [5, 5.41) is 3.14. The van der Waals surface area contributed by atoms with E-state index < -0.39 is 0 Å². The number of nitrogen functional groups attached to an aromatic ring is 1. The number of fused-ring (bicyclic) bond motifs is 1. The van der Waals surface area contributed by atoms with E-state index in [1.807, 2.05) is 24.3 Å². The highest BCUT2D eigenvalue weighted by Crippen LogP contribution is 2.22. The normalized spacial score (nSPS) is 15.2. The number of ether oxygens (including phenoxy) is 2. The molecular weight excluding hydrogens is 334 g/mol. The van der Waals surface area contributed by atoms with Crippen molar-refractivity contribution in [1.82, 2.24) is 24.8 Å². The zero-order valence-corrected chi connectivity index (χ0v) is 14.3. The van der Waals surface area contributed by atoms with Crippen LogP contribution in [0.2, 0.25) is 0 Å². The summed E-state index contributed by atoms with van der Waals surface area (Å²) in [4.78, 5) is 18.0. The summed E-state index contributed by atoms with van der Waals surface area (Å²) in [5.74, 6) is 1.54. The quantitative estimate of drug-likeness (QED) is 0.608. The van der Waals surface area contributed by atoms with Crippen LogP contribution in [-0.4, -0.2) is 64.3 Å². The van der Waals surface area contributed by atoms with Gasteiger partial charge in [-0.2, -0.15) is 9.97 Å². The second-order valence-corrected chi connectivity index (χ2v) is 5.99. The monoisotopic (exact) mass is 355 g/mol. The molecule has 4 N–H and O–H groups in total. The standard InChI is InChI=1S/C17H21N7O2/c18-15-14-16(20-11-19-14)23-17(22-15)21-12-2-1-3-13(10-12)26-9-6-24-4-7-25-8-5-24/h1-3,10-11H,4-9H2,(H4,18,19,20,21,22,23). The predicted molar refractivity (Wildman–Crippen MR) is 98.6 cm³/mol. The van der Waals surface area contributed by atoms with E-state index in [1.165, 1.54) is 0 Å². The minimum atomic E-state index is 0.355. The molecule has 9 nitrogen and oxygen atoms in total. The molecule has 1 saturated heterocycles. The highest BCUT2D eigenvalue weighted by molar-refractivity contribution is 5.82. The summed E-state index contributed by atoms with van der Waals surface area (Å²) in [7, 11) is 0. The number of benzene rings is 1. The predicted octanol–water partition coefficient (Wildman–Crippen LogP) is 1.39. The molecule has 4 rings (SSSR count). The minimum Gasteiger partial charge on any atom is -0.492 e. The van der Waals surface area contributed by atoms with Crippen molar-refractivity contribution in [2.75, 3.05) is 50.5 Å². The number of aromatic nitrogens is 4. The zero-order chi connectivity index (χ0) is 17.8. The van der Waals surface area contributed by atoms with E-state index in [-0.39, 0.29) is 0 Å². The van der Waals surface area contributed by atoms with Crippen LogP contribution in [0, 0.1) is 0 Å². The van der Waals surface area contributed by atoms with Crippen molar-refractivity contribution >= 4 is 28.6 Å². The first-order valence-corrected chi connectivity index (χ1v) is 8.54. The summed E-state index contributed by atoms with van der Waals surface area (Å²) < 4.78 is 11.2. The maximum Gasteiger partial charge on any atom is 0.231 e. The average Bonchev–Trinajstić information content (AvgIpc) is 3.12. The number of hydrogen-bond donors (Lipinski definition) is 3. The lowest BCUT2D eigenvalue weighted by atomic mass is 10.3. The van der Waals surface area contributed by atoms with E-state index in [0.717, 1.165) is 44.3 Å². The van der Waals surface area contributed by atoms with Gasteiger partial charge in [-0.3, -0.25) is 4.90 Å². The third kappa shape index (κ3) is 3.84. The smallest absolute Gasteiger partial charge is 0.231 e. The first kappa shape index (κ1) is 16.6. The SMILES string of the molecule is Nc1nc(Nc2cccc(OCCN3CCOCC3)c2)nc2nc[nH]c12. The van der Waals surface area contributed by atoms with Gasteiger partial charge in [-0.05, 0) is 12.1 Å². The van der Waals surface area contributed by atoms with Gasteiger partial charge in [0, 0.05) is 31.4 Å². The third-order valence-electron chi connectivity index (χ3n) is 4.18. The van der Waals surface area contributed by atoms with Crippen LogP contribution >= 0.6 is 0 Å². The van der Waals surface area contributed by atoms with E-state index in [9.17, 15) is 0 Å². The highest BCUT2D eigenvalue weighted by atomic mass is 16.5. The molecule has 9 heteroatoms. The Labute approximate surface area is 150 Å². The molecule has 26 heavy (non-hydrogen) atoms. The van der Waals surface area contributed by atoms with Gasteiger partial charge in [-0.1, -0.05) is 6.07 Å². The molecule has 0 unspecified atom stereocenters. The molecule has 0 radical (unpaired) electrons. The first-order chi connectivity index (χ1) is 12.8. The highest BCUT2D eigenvalue weighted by Gasteiger charge is 2.10. The number of nitrogens with zero attached hydrogens (tertiary/aromatic N) is 4. The third-order valence-corrected chi connectivity index (χ3v) is 4.18. The number of anilines is 3. The molecule has 1 aromatic carbocycles. The maximum atomic E-state index is 5.92. The number of nitrogens with two attached hydrogens (primary N) is 1. The molecule has 1 aliphatic rings. The zero-order valence-electron chi connectivity index (χ0n) is 14.3. The van der Waals surface area contributed by atoms with Gasteiger partial charge in [0.15, 0.2) is 11.5 Å². The Balaban J connectivity index is 1.38. The Kier molecular flexibility index (Phi) is 4.80. The van der Waals surface area contributed by atoms with E-state index >= 15 is 0 Å². The van der Waals surface area contributed by atoms with Crippen molar-refractivity contribution in [3.63, 3.8) is 0 Å². The van der Waals surface area contributed by atoms with Crippen molar-refractivity contribution in [3.8, 4) is 5.75 Å². The summed E-state index contributed by atoms with van der Waals surface area (Å²) in [6.07, 6.45) is 1.54. The Hall–Kier alpha value is -2.91. The van der Waals surface area contributed by atoms with Gasteiger partial charge >= 0.3 is 0 Å². The largest absolute Gasteiger partial charge is 0.492 e. The molecule has 3 aromatic rings. The van der Waals surface area contributed by atoms with Crippen molar-refractivity contribution in [2.45, 2.75) is 0 Å². The Morgan fingerprint density at radius 3 is 3.04 bits per heavy atom. The van der Waals surface area contributed by atoms with Crippen LogP contribution in [0.4, 0.5) is 17.5 Å². The average molecular weight is 355 g/mol. The van der Waals surface area contributed by atoms with Gasteiger partial charge in [0.2, 0.25) is 5.95 Å². The van der Waals surface area contributed by atoms with Gasteiger partial charge in [0.05, 0.1) is 19.5 Å². The van der Waals surface area contributed by atoms with Crippen LogP contribution in [0.15, 0.2) is 30.6 Å². The molecule has 3 heterocycles. The van der Waals surface area contributed by atoms with Gasteiger partial charge in [-0.15, -0.1) is 0 Å². The Morgan fingerprint density at radius 2 is 2.15 bits per heavy atom. The molecule has 136 valence electrons. The Morgan fingerprint density at radius 1 is 1.27 bits per heavy atom. The van der Waals surface area contributed by atoms with Crippen LogP contribution in [-0.2, 0) is 4.74 Å². The molecule has 1 fully saturated rings. The van der Waals surface area contributed by atoms with Gasteiger partial charge in [0.25, 0.3) is 0 Å². The summed E-state index contributed by atoms with van der Waals surface area (Å²) in [6.45, 7) is 5.02. The Bertz CT molecular complexity index is 876. The summed E-state index contributed by atoms with van der Waals surface area (Å²) in [6, 6.07) is 7.68. The topological polar surface area (TPSA) is 114 Å². The van der Waals surface area contributed by atoms with E-state index in [1.54, 1.807) is 6.33 Å². The van der Waals surface area contributed by atoms with Crippen LogP contribution in [0.25, 0.3) is 11.2 Å². The van der Waals surface area contributed by atoms with Crippen LogP contribution < -0.4 is 15.8 Å². The number of hydrogen-bond acceptors (Lipinski definition) is 8. The van der Waals surface area contributed by atoms with Crippen LogP contribution in [0.3, 0.4) is 0 Å². The summed E-state index contributed by atoms with van der Waals surface area (Å²) in [5.41, 5.74) is 7.90. The number of H-pyrrole nitrogens is 1.